The smallest absolute Gasteiger partial charge is 0.310 e. The summed E-state index contributed by atoms with van der Waals surface area (Å²) in [5.74, 6) is -2.12. The van der Waals surface area contributed by atoms with Crippen molar-refractivity contribution in [1.29, 1.82) is 0 Å². The van der Waals surface area contributed by atoms with Gasteiger partial charge in [-0.15, -0.1) is 0 Å². The Morgan fingerprint density at radius 3 is 2.33 bits per heavy atom. The van der Waals surface area contributed by atoms with E-state index < -0.39 is 17.8 Å². The molecule has 0 aliphatic rings. The maximum atomic E-state index is 10.5. The fraction of sp³-hybridized carbons (Fsp3) is 0.500. The number of carbonyl (C=O) groups excluding carboxylic acids is 1. The average Bonchev–Trinajstić information content (AvgIpc) is 1.98. The molecule has 4 heteroatoms. The predicted octanol–water partition coefficient (Wildman–Crippen LogP) is 0.529. The minimum atomic E-state index is -0.932. The van der Waals surface area contributed by atoms with E-state index in [4.69, 9.17) is 10.8 Å². The van der Waals surface area contributed by atoms with Crippen LogP contribution in [-0.2, 0) is 9.59 Å². The summed E-state index contributed by atoms with van der Waals surface area (Å²) in [4.78, 5) is 21.0. The molecule has 0 fully saturated rings. The number of primary amides is 1. The number of carboxylic acid groups (broad SMARTS) is 1. The quantitative estimate of drug-likeness (QED) is 0.605. The lowest BCUT2D eigenvalue weighted by atomic mass is 10.0. The molecule has 0 aromatic carbocycles. The highest BCUT2D eigenvalue weighted by Crippen LogP contribution is 2.07. The zero-order chi connectivity index (χ0) is 9.72. The second-order valence-electron chi connectivity index (χ2n) is 2.57. The molecule has 4 nitrogen and oxygen atoms in total. The molecule has 0 rings (SSSR count). The van der Waals surface area contributed by atoms with Crippen molar-refractivity contribution in [1.82, 2.24) is 0 Å². The van der Waals surface area contributed by atoms with E-state index in [1.54, 1.807) is 6.92 Å². The minimum absolute atomic E-state index is 0.296. The average molecular weight is 171 g/mol. The third-order valence-corrected chi connectivity index (χ3v) is 1.60. The van der Waals surface area contributed by atoms with Gasteiger partial charge < -0.3 is 10.8 Å². The van der Waals surface area contributed by atoms with Crippen LogP contribution in [0.15, 0.2) is 11.6 Å². The molecule has 0 radical (unpaired) electrons. The first-order valence-corrected chi connectivity index (χ1v) is 3.70. The van der Waals surface area contributed by atoms with E-state index >= 15 is 0 Å². The third kappa shape index (κ3) is 3.18. The number of aliphatic carboxylic acids is 1. The van der Waals surface area contributed by atoms with Crippen LogP contribution in [0.2, 0.25) is 0 Å². The Morgan fingerprint density at radius 2 is 2.08 bits per heavy atom. The topological polar surface area (TPSA) is 80.4 Å². The van der Waals surface area contributed by atoms with Crippen LogP contribution < -0.4 is 5.73 Å². The van der Waals surface area contributed by atoms with Crippen molar-refractivity contribution in [2.45, 2.75) is 20.3 Å². The lowest BCUT2D eigenvalue weighted by Crippen LogP contribution is -2.16. The number of hydrogen-bond donors (Lipinski definition) is 2. The first-order valence-electron chi connectivity index (χ1n) is 3.70. The minimum Gasteiger partial charge on any atom is -0.481 e. The van der Waals surface area contributed by atoms with Crippen LogP contribution in [0, 0.1) is 5.92 Å². The summed E-state index contributed by atoms with van der Waals surface area (Å²) in [5, 5.41) is 8.61. The van der Waals surface area contributed by atoms with Crippen molar-refractivity contribution < 1.29 is 14.7 Å². The van der Waals surface area contributed by atoms with Crippen LogP contribution in [0.1, 0.15) is 20.3 Å². The van der Waals surface area contributed by atoms with Crippen LogP contribution >= 0.6 is 0 Å². The molecule has 0 aromatic rings. The van der Waals surface area contributed by atoms with Gasteiger partial charge in [0, 0.05) is 5.57 Å². The Kier molecular flexibility index (Phi) is 4.04. The normalized spacial score (nSPS) is 14.0. The monoisotopic (exact) mass is 171 g/mol. The number of amides is 1. The number of carboxylic acids is 1. The largest absolute Gasteiger partial charge is 0.481 e. The molecule has 0 spiro atoms. The second-order valence-corrected chi connectivity index (χ2v) is 2.57. The third-order valence-electron chi connectivity index (χ3n) is 1.60. The standard InChI is InChI=1S/C8H13NO3/c1-3-6(8(11)12)4-5(2)7(9)10/h4,6H,3H2,1-2H3,(H2,9,10)(H,11,12). The summed E-state index contributed by atoms with van der Waals surface area (Å²) in [5.41, 5.74) is 5.23. The first kappa shape index (κ1) is 10.7. The van der Waals surface area contributed by atoms with E-state index in [2.05, 4.69) is 0 Å². The highest BCUT2D eigenvalue weighted by molar-refractivity contribution is 5.92. The van der Waals surface area contributed by atoms with Crippen molar-refractivity contribution in [3.8, 4) is 0 Å². The van der Waals surface area contributed by atoms with Gasteiger partial charge in [0.15, 0.2) is 0 Å². The first-order chi connectivity index (χ1) is 5.49. The molecule has 0 heterocycles. The van der Waals surface area contributed by atoms with Gasteiger partial charge in [0.1, 0.15) is 0 Å². The van der Waals surface area contributed by atoms with Gasteiger partial charge in [-0.05, 0) is 13.3 Å². The molecule has 0 saturated carbocycles. The Morgan fingerprint density at radius 1 is 1.58 bits per heavy atom. The summed E-state index contributed by atoms with van der Waals surface area (Å²) in [6.45, 7) is 3.25. The predicted molar refractivity (Wildman–Crippen MR) is 44.4 cm³/mol. The Balaban J connectivity index is 4.46. The van der Waals surface area contributed by atoms with Crippen LogP contribution in [-0.4, -0.2) is 17.0 Å². The van der Waals surface area contributed by atoms with E-state index in [0.29, 0.717) is 12.0 Å². The summed E-state index contributed by atoms with van der Waals surface area (Å²) in [7, 11) is 0. The fourth-order valence-corrected chi connectivity index (χ4v) is 0.748. The Hall–Kier alpha value is -1.32. The molecule has 0 aliphatic heterocycles. The van der Waals surface area contributed by atoms with Gasteiger partial charge in [-0.3, -0.25) is 9.59 Å². The van der Waals surface area contributed by atoms with Crippen LogP contribution in [0.4, 0.5) is 0 Å². The molecular weight excluding hydrogens is 158 g/mol. The van der Waals surface area contributed by atoms with E-state index in [1.807, 2.05) is 0 Å². The lowest BCUT2D eigenvalue weighted by molar-refractivity contribution is -0.140. The van der Waals surface area contributed by atoms with Gasteiger partial charge in [-0.1, -0.05) is 13.0 Å². The highest BCUT2D eigenvalue weighted by Gasteiger charge is 2.12. The van der Waals surface area contributed by atoms with Crippen molar-refractivity contribution in [3.05, 3.63) is 11.6 Å². The van der Waals surface area contributed by atoms with Gasteiger partial charge in [-0.25, -0.2) is 0 Å². The van der Waals surface area contributed by atoms with Crippen molar-refractivity contribution in [3.63, 3.8) is 0 Å². The molecule has 1 amide bonds. The van der Waals surface area contributed by atoms with Crippen molar-refractivity contribution in [2.24, 2.45) is 11.7 Å². The lowest BCUT2D eigenvalue weighted by Gasteiger charge is -2.03. The molecule has 0 bridgehead atoms. The number of carbonyl (C=O) groups is 2. The number of rotatable bonds is 4. The molecule has 0 aromatic heterocycles. The van der Waals surface area contributed by atoms with E-state index in [0.717, 1.165) is 0 Å². The van der Waals surface area contributed by atoms with Crippen LogP contribution in [0.25, 0.3) is 0 Å². The SMILES string of the molecule is CCC(C=C(C)C(N)=O)C(=O)O. The molecule has 12 heavy (non-hydrogen) atoms. The van der Waals surface area contributed by atoms with E-state index in [-0.39, 0.29) is 0 Å². The molecule has 68 valence electrons. The second kappa shape index (κ2) is 4.54. The molecular formula is C8H13NO3. The van der Waals surface area contributed by atoms with E-state index in [1.165, 1.54) is 13.0 Å². The molecule has 0 saturated heterocycles. The van der Waals surface area contributed by atoms with Crippen molar-refractivity contribution >= 4 is 11.9 Å². The summed E-state index contributed by atoms with van der Waals surface area (Å²) in [6.07, 6.45) is 1.84. The highest BCUT2D eigenvalue weighted by atomic mass is 16.4. The summed E-state index contributed by atoms with van der Waals surface area (Å²) >= 11 is 0. The van der Waals surface area contributed by atoms with Gasteiger partial charge in [0.05, 0.1) is 5.92 Å². The number of hydrogen-bond acceptors (Lipinski definition) is 2. The maximum Gasteiger partial charge on any atom is 0.310 e. The van der Waals surface area contributed by atoms with Gasteiger partial charge >= 0.3 is 5.97 Å². The number of nitrogens with two attached hydrogens (primary N) is 1. The maximum absolute atomic E-state index is 10.5. The summed E-state index contributed by atoms with van der Waals surface area (Å²) < 4.78 is 0. The fourth-order valence-electron chi connectivity index (χ4n) is 0.748. The van der Waals surface area contributed by atoms with Gasteiger partial charge in [0.2, 0.25) is 5.91 Å². The zero-order valence-electron chi connectivity index (χ0n) is 7.20. The van der Waals surface area contributed by atoms with Gasteiger partial charge in [0.25, 0.3) is 0 Å². The Bertz CT molecular complexity index is 220. The van der Waals surface area contributed by atoms with Gasteiger partial charge in [-0.2, -0.15) is 0 Å². The summed E-state index contributed by atoms with van der Waals surface area (Å²) in [6, 6.07) is 0. The molecule has 0 aliphatic carbocycles. The molecule has 1 atom stereocenters. The van der Waals surface area contributed by atoms with Crippen molar-refractivity contribution in [2.75, 3.05) is 0 Å². The zero-order valence-corrected chi connectivity index (χ0v) is 7.20. The Labute approximate surface area is 71.1 Å². The van der Waals surface area contributed by atoms with Crippen LogP contribution in [0.5, 0.6) is 0 Å². The van der Waals surface area contributed by atoms with E-state index in [9.17, 15) is 9.59 Å². The molecule has 3 N–H and O–H groups in total. The molecule has 1 unspecified atom stereocenters. The van der Waals surface area contributed by atoms with Crippen LogP contribution in [0.3, 0.4) is 0 Å².